The number of aliphatic hydroxyl groups is 1. The molecule has 0 unspecified atom stereocenters. The van der Waals surface area contributed by atoms with Crippen LogP contribution < -0.4 is 5.43 Å². The molecule has 0 fully saturated rings. The number of sulfonamides is 1. The number of aromatic hydroxyl groups is 1. The van der Waals surface area contributed by atoms with Crippen molar-refractivity contribution in [2.45, 2.75) is 31.9 Å². The number of carbonyl (C=O) groups is 1. The molecule has 0 aliphatic rings. The van der Waals surface area contributed by atoms with Crippen LogP contribution in [0.1, 0.15) is 38.3 Å². The molecule has 0 radical (unpaired) electrons. The quantitative estimate of drug-likeness (QED) is 0.334. The molecule has 0 aliphatic carbocycles. The molecule has 178 valence electrons. The van der Waals surface area contributed by atoms with Crippen molar-refractivity contribution in [1.29, 1.82) is 0 Å². The molecule has 0 aliphatic heterocycles. The largest absolute Gasteiger partial charge is 0.505 e. The van der Waals surface area contributed by atoms with E-state index in [2.05, 4.69) is 15.5 Å². The number of hydrazone groups is 1. The van der Waals surface area contributed by atoms with E-state index in [9.17, 15) is 23.4 Å². The van der Waals surface area contributed by atoms with Crippen LogP contribution >= 0.6 is 0 Å². The highest BCUT2D eigenvalue weighted by atomic mass is 32.2. The standard InChI is InChI=1S/C24H26N4O5S/c1-16-4-10-21(11-5-16)34(32,33)28(3)14-18-6-8-19(9-7-18)24(31)27-26-13-22-20(15-29)12-25-17(2)23(22)30/h4-13,29-30H,14-15H2,1-3H3,(H,27,31)/b26-13+. The normalized spacial score (nSPS) is 11.8. The molecular formula is C24H26N4O5S. The molecule has 0 bridgehead atoms. The maximum absolute atomic E-state index is 12.8. The van der Waals surface area contributed by atoms with Gasteiger partial charge in [0.1, 0.15) is 5.75 Å². The zero-order valence-electron chi connectivity index (χ0n) is 19.1. The Hall–Kier alpha value is -3.60. The fourth-order valence-corrected chi connectivity index (χ4v) is 4.30. The van der Waals surface area contributed by atoms with E-state index in [0.29, 0.717) is 22.4 Å². The van der Waals surface area contributed by atoms with Gasteiger partial charge in [-0.2, -0.15) is 9.41 Å². The SMILES string of the molecule is Cc1ccc(S(=O)(=O)N(C)Cc2ccc(C(=O)N/N=C/c3c(CO)cnc(C)c3O)cc2)cc1. The summed E-state index contributed by atoms with van der Waals surface area (Å²) in [5.74, 6) is -0.613. The van der Waals surface area contributed by atoms with Crippen molar-refractivity contribution < 1.29 is 23.4 Å². The number of pyridine rings is 1. The van der Waals surface area contributed by atoms with Gasteiger partial charge in [0, 0.05) is 36.5 Å². The first kappa shape index (κ1) is 25.0. The van der Waals surface area contributed by atoms with E-state index in [1.54, 1.807) is 55.5 Å². The number of nitrogens with zero attached hydrogens (tertiary/aromatic N) is 3. The van der Waals surface area contributed by atoms with Crippen molar-refractivity contribution >= 4 is 22.1 Å². The van der Waals surface area contributed by atoms with Gasteiger partial charge in [-0.3, -0.25) is 9.78 Å². The van der Waals surface area contributed by atoms with Gasteiger partial charge in [0.15, 0.2) is 0 Å². The summed E-state index contributed by atoms with van der Waals surface area (Å²) in [7, 11) is -2.14. The molecule has 2 aromatic carbocycles. The van der Waals surface area contributed by atoms with Crippen LogP contribution in [0.4, 0.5) is 0 Å². The number of hydrogen-bond acceptors (Lipinski definition) is 7. The Labute approximate surface area is 198 Å². The van der Waals surface area contributed by atoms with Crippen LogP contribution in [0.3, 0.4) is 0 Å². The third kappa shape index (κ3) is 5.66. The fourth-order valence-electron chi connectivity index (χ4n) is 3.14. The van der Waals surface area contributed by atoms with Gasteiger partial charge in [0.2, 0.25) is 10.0 Å². The number of carbonyl (C=O) groups excluding carboxylic acids is 1. The Balaban J connectivity index is 1.65. The van der Waals surface area contributed by atoms with E-state index < -0.39 is 15.9 Å². The number of hydrogen-bond donors (Lipinski definition) is 3. The molecule has 34 heavy (non-hydrogen) atoms. The smallest absolute Gasteiger partial charge is 0.271 e. The first-order valence-corrected chi connectivity index (χ1v) is 11.8. The van der Waals surface area contributed by atoms with Crippen LogP contribution in [0.25, 0.3) is 0 Å². The lowest BCUT2D eigenvalue weighted by Gasteiger charge is -2.17. The van der Waals surface area contributed by atoms with Crippen LogP contribution in [0, 0.1) is 13.8 Å². The topological polar surface area (TPSA) is 132 Å². The summed E-state index contributed by atoms with van der Waals surface area (Å²) in [6.07, 6.45) is 2.67. The Kier molecular flexibility index (Phi) is 7.77. The van der Waals surface area contributed by atoms with E-state index >= 15 is 0 Å². The summed E-state index contributed by atoms with van der Waals surface area (Å²) >= 11 is 0. The van der Waals surface area contributed by atoms with Gasteiger partial charge in [-0.25, -0.2) is 13.8 Å². The lowest BCUT2D eigenvalue weighted by atomic mass is 10.1. The number of nitrogens with one attached hydrogen (secondary N) is 1. The van der Waals surface area contributed by atoms with Crippen LogP contribution in [-0.4, -0.2) is 47.1 Å². The lowest BCUT2D eigenvalue weighted by Crippen LogP contribution is -2.26. The maximum atomic E-state index is 12.8. The molecule has 1 aromatic heterocycles. The second kappa shape index (κ2) is 10.6. The van der Waals surface area contributed by atoms with Gasteiger partial charge < -0.3 is 10.2 Å². The van der Waals surface area contributed by atoms with Gasteiger partial charge in [0.05, 0.1) is 23.4 Å². The highest BCUT2D eigenvalue weighted by Gasteiger charge is 2.20. The fraction of sp³-hybridized carbons (Fsp3) is 0.208. The van der Waals surface area contributed by atoms with E-state index in [1.165, 1.54) is 23.8 Å². The Morgan fingerprint density at radius 3 is 2.38 bits per heavy atom. The van der Waals surface area contributed by atoms with Crippen LogP contribution in [0.5, 0.6) is 5.75 Å². The minimum absolute atomic E-state index is 0.126. The van der Waals surface area contributed by atoms with Gasteiger partial charge in [-0.15, -0.1) is 0 Å². The van der Waals surface area contributed by atoms with Crippen LogP contribution in [-0.2, 0) is 23.2 Å². The highest BCUT2D eigenvalue weighted by molar-refractivity contribution is 7.89. The van der Waals surface area contributed by atoms with E-state index in [0.717, 1.165) is 5.56 Å². The summed E-state index contributed by atoms with van der Waals surface area (Å²) in [5, 5.41) is 23.4. The molecule has 1 amide bonds. The van der Waals surface area contributed by atoms with E-state index in [4.69, 9.17) is 0 Å². The average molecular weight is 483 g/mol. The van der Waals surface area contributed by atoms with Crippen molar-refractivity contribution in [3.05, 3.63) is 88.2 Å². The number of aromatic nitrogens is 1. The summed E-state index contributed by atoms with van der Waals surface area (Å²) in [4.78, 5) is 16.6. The van der Waals surface area contributed by atoms with Crippen molar-refractivity contribution in [3.63, 3.8) is 0 Å². The Morgan fingerprint density at radius 1 is 1.12 bits per heavy atom. The van der Waals surface area contributed by atoms with E-state index in [-0.39, 0.29) is 29.4 Å². The first-order valence-electron chi connectivity index (χ1n) is 10.4. The third-order valence-electron chi connectivity index (χ3n) is 5.24. The molecular weight excluding hydrogens is 456 g/mol. The second-order valence-electron chi connectivity index (χ2n) is 7.76. The lowest BCUT2D eigenvalue weighted by molar-refractivity contribution is 0.0955. The number of benzene rings is 2. The molecule has 0 saturated heterocycles. The number of amides is 1. The predicted octanol–water partition coefficient (Wildman–Crippen LogP) is 2.48. The molecule has 9 nitrogen and oxygen atoms in total. The summed E-state index contributed by atoms with van der Waals surface area (Å²) in [6, 6.07) is 13.1. The van der Waals surface area contributed by atoms with Crippen molar-refractivity contribution in [2.24, 2.45) is 5.10 Å². The molecule has 0 atom stereocenters. The summed E-state index contributed by atoms with van der Waals surface area (Å²) in [5.41, 5.74) is 5.38. The molecule has 3 aromatic rings. The molecule has 1 heterocycles. The zero-order valence-corrected chi connectivity index (χ0v) is 19.9. The number of aliphatic hydroxyl groups excluding tert-OH is 1. The monoisotopic (exact) mass is 482 g/mol. The number of aryl methyl sites for hydroxylation is 2. The molecule has 3 rings (SSSR count). The van der Waals surface area contributed by atoms with Gasteiger partial charge >= 0.3 is 0 Å². The molecule has 0 saturated carbocycles. The van der Waals surface area contributed by atoms with Crippen molar-refractivity contribution in [1.82, 2.24) is 14.7 Å². The zero-order chi connectivity index (χ0) is 24.9. The summed E-state index contributed by atoms with van der Waals surface area (Å²) < 4.78 is 26.8. The Bertz CT molecular complexity index is 1300. The van der Waals surface area contributed by atoms with Crippen LogP contribution in [0.15, 0.2) is 64.7 Å². The highest BCUT2D eigenvalue weighted by Crippen LogP contribution is 2.22. The third-order valence-corrected chi connectivity index (χ3v) is 7.06. The minimum atomic E-state index is -3.64. The molecule has 0 spiro atoms. The maximum Gasteiger partial charge on any atom is 0.271 e. The number of rotatable bonds is 8. The average Bonchev–Trinajstić information content (AvgIpc) is 2.82. The van der Waals surface area contributed by atoms with Crippen LogP contribution in [0.2, 0.25) is 0 Å². The van der Waals surface area contributed by atoms with E-state index in [1.807, 2.05) is 6.92 Å². The molecule has 3 N–H and O–H groups in total. The Morgan fingerprint density at radius 2 is 1.76 bits per heavy atom. The molecule has 10 heteroatoms. The van der Waals surface area contributed by atoms with Gasteiger partial charge in [-0.1, -0.05) is 29.8 Å². The van der Waals surface area contributed by atoms with Gasteiger partial charge in [-0.05, 0) is 43.7 Å². The minimum Gasteiger partial charge on any atom is -0.505 e. The predicted molar refractivity (Wildman–Crippen MR) is 128 cm³/mol. The first-order chi connectivity index (χ1) is 16.1. The van der Waals surface area contributed by atoms with Gasteiger partial charge in [0.25, 0.3) is 5.91 Å². The van der Waals surface area contributed by atoms with Crippen molar-refractivity contribution in [3.8, 4) is 5.75 Å². The second-order valence-corrected chi connectivity index (χ2v) is 9.80. The summed E-state index contributed by atoms with van der Waals surface area (Å²) in [6.45, 7) is 3.30. The van der Waals surface area contributed by atoms with Crippen molar-refractivity contribution in [2.75, 3.05) is 7.05 Å².